The first-order valence-corrected chi connectivity index (χ1v) is 6.78. The quantitative estimate of drug-likeness (QED) is 0.796. The Bertz CT molecular complexity index is 570. The van der Waals surface area contributed by atoms with Gasteiger partial charge in [-0.15, -0.1) is 0 Å². The fourth-order valence-electron chi connectivity index (χ4n) is 1.76. The van der Waals surface area contributed by atoms with Crippen molar-refractivity contribution in [3.63, 3.8) is 0 Å². The molecule has 0 saturated carbocycles. The lowest BCUT2D eigenvalue weighted by atomic mass is 10.1. The molecular weight excluding hydrogens is 266 g/mol. The highest BCUT2D eigenvalue weighted by molar-refractivity contribution is 5.96. The number of amides is 2. The summed E-state index contributed by atoms with van der Waals surface area (Å²) in [5.74, 6) is 5.22. The van der Waals surface area contributed by atoms with E-state index in [1.807, 2.05) is 19.9 Å². The first-order valence-electron chi connectivity index (χ1n) is 6.78. The van der Waals surface area contributed by atoms with Crippen molar-refractivity contribution in [2.24, 2.45) is 5.73 Å². The van der Waals surface area contributed by atoms with Crippen LogP contribution in [0.2, 0.25) is 0 Å². The standard InChI is InChI=1S/C16H21N3O2/c1-12(2)18-15(20)11-19(3)16(21)14-8-4-6-13(10-14)7-5-9-17/h4,6,8,10,12H,9,11,17H2,1-3H3,(H,18,20). The van der Waals surface area contributed by atoms with Crippen LogP contribution in [0.3, 0.4) is 0 Å². The molecule has 0 aliphatic rings. The maximum absolute atomic E-state index is 12.3. The Kier molecular flexibility index (Phi) is 6.44. The molecule has 0 aliphatic carbocycles. The van der Waals surface area contributed by atoms with Crippen molar-refractivity contribution in [3.05, 3.63) is 35.4 Å². The molecule has 112 valence electrons. The van der Waals surface area contributed by atoms with Gasteiger partial charge in [-0.2, -0.15) is 0 Å². The van der Waals surface area contributed by atoms with Crippen LogP contribution in [0.15, 0.2) is 24.3 Å². The Balaban J connectivity index is 2.76. The third kappa shape index (κ3) is 5.67. The zero-order valence-corrected chi connectivity index (χ0v) is 12.6. The molecule has 5 heteroatoms. The van der Waals surface area contributed by atoms with Crippen LogP contribution in [0.1, 0.15) is 29.8 Å². The fourth-order valence-corrected chi connectivity index (χ4v) is 1.76. The normalized spacial score (nSPS) is 9.76. The van der Waals surface area contributed by atoms with E-state index in [1.165, 1.54) is 4.90 Å². The predicted molar refractivity (Wildman–Crippen MR) is 82.6 cm³/mol. The van der Waals surface area contributed by atoms with E-state index in [1.54, 1.807) is 25.2 Å². The third-order valence-corrected chi connectivity index (χ3v) is 2.62. The van der Waals surface area contributed by atoms with Crippen LogP contribution in [0.5, 0.6) is 0 Å². The largest absolute Gasteiger partial charge is 0.352 e. The minimum Gasteiger partial charge on any atom is -0.352 e. The Hall–Kier alpha value is -2.32. The van der Waals surface area contributed by atoms with E-state index in [9.17, 15) is 9.59 Å². The van der Waals surface area contributed by atoms with Crippen LogP contribution in [0.4, 0.5) is 0 Å². The number of rotatable bonds is 4. The zero-order chi connectivity index (χ0) is 15.8. The molecule has 0 spiro atoms. The molecule has 1 rings (SSSR count). The number of nitrogens with one attached hydrogen (secondary N) is 1. The van der Waals surface area contributed by atoms with Crippen molar-refractivity contribution in [2.45, 2.75) is 19.9 Å². The monoisotopic (exact) mass is 287 g/mol. The molecule has 5 nitrogen and oxygen atoms in total. The third-order valence-electron chi connectivity index (χ3n) is 2.62. The smallest absolute Gasteiger partial charge is 0.254 e. The van der Waals surface area contributed by atoms with Gasteiger partial charge in [0.25, 0.3) is 5.91 Å². The summed E-state index contributed by atoms with van der Waals surface area (Å²) in [4.78, 5) is 25.3. The number of likely N-dealkylation sites (N-methyl/N-ethyl adjacent to an activating group) is 1. The molecule has 2 amide bonds. The highest BCUT2D eigenvalue weighted by Gasteiger charge is 2.15. The average Bonchev–Trinajstić information content (AvgIpc) is 2.43. The molecule has 3 N–H and O–H groups in total. The van der Waals surface area contributed by atoms with Crippen LogP contribution in [0.25, 0.3) is 0 Å². The van der Waals surface area contributed by atoms with Gasteiger partial charge < -0.3 is 16.0 Å². The number of nitrogens with two attached hydrogens (primary N) is 1. The minimum absolute atomic E-state index is 0.0235. The molecule has 0 heterocycles. The van der Waals surface area contributed by atoms with Crippen molar-refractivity contribution >= 4 is 11.8 Å². The molecule has 0 atom stereocenters. The first kappa shape index (κ1) is 16.7. The highest BCUT2D eigenvalue weighted by Crippen LogP contribution is 2.07. The molecule has 0 bridgehead atoms. The number of hydrogen-bond acceptors (Lipinski definition) is 3. The van der Waals surface area contributed by atoms with Gasteiger partial charge in [0.1, 0.15) is 0 Å². The topological polar surface area (TPSA) is 75.4 Å². The molecule has 21 heavy (non-hydrogen) atoms. The van der Waals surface area contributed by atoms with Gasteiger partial charge >= 0.3 is 0 Å². The maximum atomic E-state index is 12.3. The molecule has 0 radical (unpaired) electrons. The summed E-state index contributed by atoms with van der Waals surface area (Å²) in [7, 11) is 1.60. The lowest BCUT2D eigenvalue weighted by Gasteiger charge is -2.18. The molecule has 0 aliphatic heterocycles. The Labute approximate surface area is 125 Å². The number of benzene rings is 1. The highest BCUT2D eigenvalue weighted by atomic mass is 16.2. The Morgan fingerprint density at radius 2 is 2.10 bits per heavy atom. The van der Waals surface area contributed by atoms with Crippen LogP contribution in [0, 0.1) is 11.8 Å². The summed E-state index contributed by atoms with van der Waals surface area (Å²) in [5, 5.41) is 2.75. The summed E-state index contributed by atoms with van der Waals surface area (Å²) in [5.41, 5.74) is 6.55. The SMILES string of the molecule is CC(C)NC(=O)CN(C)C(=O)c1cccc(C#CCN)c1. The molecule has 1 aromatic rings. The fraction of sp³-hybridized carbons (Fsp3) is 0.375. The number of carbonyl (C=O) groups excluding carboxylic acids is 2. The van der Waals surface area contributed by atoms with E-state index >= 15 is 0 Å². The van der Waals surface area contributed by atoms with E-state index in [0.717, 1.165) is 5.56 Å². The van der Waals surface area contributed by atoms with Gasteiger partial charge in [-0.25, -0.2) is 0 Å². The number of nitrogens with zero attached hydrogens (tertiary/aromatic N) is 1. The molecule has 0 aromatic heterocycles. The van der Waals surface area contributed by atoms with E-state index in [0.29, 0.717) is 5.56 Å². The van der Waals surface area contributed by atoms with Crippen molar-refractivity contribution in [2.75, 3.05) is 20.1 Å². The van der Waals surface area contributed by atoms with Gasteiger partial charge in [0.15, 0.2) is 0 Å². The van der Waals surface area contributed by atoms with E-state index in [4.69, 9.17) is 5.73 Å². The van der Waals surface area contributed by atoms with Gasteiger partial charge in [-0.05, 0) is 32.0 Å². The van der Waals surface area contributed by atoms with Gasteiger partial charge in [0, 0.05) is 24.2 Å². The van der Waals surface area contributed by atoms with Gasteiger partial charge in [0.05, 0.1) is 13.1 Å². The van der Waals surface area contributed by atoms with Crippen LogP contribution in [-0.4, -0.2) is 42.9 Å². The van der Waals surface area contributed by atoms with Gasteiger partial charge in [-0.1, -0.05) is 17.9 Å². The van der Waals surface area contributed by atoms with Crippen molar-refractivity contribution in [3.8, 4) is 11.8 Å². The zero-order valence-electron chi connectivity index (χ0n) is 12.6. The molecule has 1 aromatic carbocycles. The second-order valence-electron chi connectivity index (χ2n) is 4.97. The molecule has 0 unspecified atom stereocenters. The van der Waals surface area contributed by atoms with Crippen LogP contribution in [-0.2, 0) is 4.79 Å². The number of hydrogen-bond donors (Lipinski definition) is 2. The summed E-state index contributed by atoms with van der Waals surface area (Å²) < 4.78 is 0. The molecule has 0 fully saturated rings. The number of carbonyl (C=O) groups is 2. The first-order chi connectivity index (χ1) is 9.93. The molecule has 0 saturated heterocycles. The summed E-state index contributed by atoms with van der Waals surface area (Å²) in [6.07, 6.45) is 0. The lowest BCUT2D eigenvalue weighted by Crippen LogP contribution is -2.40. The van der Waals surface area contributed by atoms with Crippen molar-refractivity contribution in [1.82, 2.24) is 10.2 Å². The van der Waals surface area contributed by atoms with E-state index < -0.39 is 0 Å². The summed E-state index contributed by atoms with van der Waals surface area (Å²) in [6.45, 7) is 4.04. The van der Waals surface area contributed by atoms with E-state index in [-0.39, 0.29) is 30.9 Å². The molecular formula is C16H21N3O2. The van der Waals surface area contributed by atoms with Crippen LogP contribution >= 0.6 is 0 Å². The summed E-state index contributed by atoms with van der Waals surface area (Å²) >= 11 is 0. The van der Waals surface area contributed by atoms with E-state index in [2.05, 4.69) is 17.2 Å². The maximum Gasteiger partial charge on any atom is 0.254 e. The van der Waals surface area contributed by atoms with Crippen molar-refractivity contribution in [1.29, 1.82) is 0 Å². The lowest BCUT2D eigenvalue weighted by molar-refractivity contribution is -0.122. The second-order valence-corrected chi connectivity index (χ2v) is 4.97. The van der Waals surface area contributed by atoms with Crippen LogP contribution < -0.4 is 11.1 Å². The Morgan fingerprint density at radius 3 is 2.71 bits per heavy atom. The average molecular weight is 287 g/mol. The van der Waals surface area contributed by atoms with Gasteiger partial charge in [-0.3, -0.25) is 9.59 Å². The predicted octanol–water partition coefficient (Wildman–Crippen LogP) is 0.593. The summed E-state index contributed by atoms with van der Waals surface area (Å²) in [6, 6.07) is 7.02. The van der Waals surface area contributed by atoms with Crippen molar-refractivity contribution < 1.29 is 9.59 Å². The second kappa shape index (κ2) is 8.08. The Morgan fingerprint density at radius 1 is 1.38 bits per heavy atom. The minimum atomic E-state index is -0.217. The van der Waals surface area contributed by atoms with Gasteiger partial charge in [0.2, 0.25) is 5.91 Å².